The van der Waals surface area contributed by atoms with Crippen LogP contribution in [0.4, 0.5) is 0 Å². The molecule has 0 spiro atoms. The first kappa shape index (κ1) is 6.86. The van der Waals surface area contributed by atoms with Gasteiger partial charge in [0, 0.05) is 12.4 Å². The van der Waals surface area contributed by atoms with Crippen LogP contribution < -0.4 is 0 Å². The van der Waals surface area contributed by atoms with Crippen LogP contribution in [0.25, 0.3) is 5.52 Å². The Kier molecular flexibility index (Phi) is 1.52. The lowest BCUT2D eigenvalue weighted by Crippen LogP contribution is -1.90. The second-order valence-electron chi connectivity index (χ2n) is 2.53. The highest BCUT2D eigenvalue weighted by atomic mass is 15.2. The highest BCUT2D eigenvalue weighted by molar-refractivity contribution is 5.54. The smallest absolute Gasteiger partial charge is 0.0703 e. The van der Waals surface area contributed by atoms with Gasteiger partial charge in [0.25, 0.3) is 0 Å². The molecule has 0 aliphatic heterocycles. The molecule has 0 aliphatic rings. The lowest BCUT2D eigenvalue weighted by Gasteiger charge is -1.96. The van der Waals surface area contributed by atoms with Crippen LogP contribution in [0.3, 0.4) is 0 Å². The van der Waals surface area contributed by atoms with E-state index in [2.05, 4.69) is 11.2 Å². The van der Waals surface area contributed by atoms with Crippen LogP contribution >= 0.6 is 0 Å². The normalized spacial score (nSPS) is 9.92. The van der Waals surface area contributed by atoms with Gasteiger partial charge in [-0.15, -0.1) is 0 Å². The third kappa shape index (κ3) is 0.940. The fourth-order valence-electron chi connectivity index (χ4n) is 1.25. The van der Waals surface area contributed by atoms with Crippen molar-refractivity contribution in [1.29, 1.82) is 5.26 Å². The van der Waals surface area contributed by atoms with Crippen LogP contribution in [-0.2, 0) is 6.42 Å². The average molecular weight is 157 g/mol. The van der Waals surface area contributed by atoms with Crippen molar-refractivity contribution in [3.05, 3.63) is 36.2 Å². The van der Waals surface area contributed by atoms with E-state index in [1.165, 1.54) is 0 Å². The summed E-state index contributed by atoms with van der Waals surface area (Å²) in [5, 5.41) is 12.6. The van der Waals surface area contributed by atoms with Crippen molar-refractivity contribution in [2.75, 3.05) is 0 Å². The second-order valence-corrected chi connectivity index (χ2v) is 2.53. The Morgan fingerprint density at radius 2 is 2.42 bits per heavy atom. The Balaban J connectivity index is 2.67. The van der Waals surface area contributed by atoms with Gasteiger partial charge in [0.15, 0.2) is 0 Å². The van der Waals surface area contributed by atoms with Crippen LogP contribution in [0.1, 0.15) is 5.56 Å². The molecule has 0 atom stereocenters. The minimum absolute atomic E-state index is 0.441. The molecule has 3 heteroatoms. The van der Waals surface area contributed by atoms with Crippen LogP contribution in [0.15, 0.2) is 30.6 Å². The molecule has 0 N–H and O–H groups in total. The fraction of sp³-hybridized carbons (Fsp3) is 0.111. The van der Waals surface area contributed by atoms with E-state index in [0.29, 0.717) is 6.42 Å². The average Bonchev–Trinajstić information content (AvgIpc) is 2.53. The van der Waals surface area contributed by atoms with Gasteiger partial charge < -0.3 is 0 Å². The predicted octanol–water partition coefficient (Wildman–Crippen LogP) is 1.40. The number of pyridine rings is 1. The summed E-state index contributed by atoms with van der Waals surface area (Å²) in [6.07, 6.45) is 4.04. The molecule has 2 heterocycles. The Hall–Kier alpha value is -1.82. The number of rotatable bonds is 1. The van der Waals surface area contributed by atoms with Crippen molar-refractivity contribution in [3.8, 4) is 6.07 Å². The van der Waals surface area contributed by atoms with Gasteiger partial charge in [-0.2, -0.15) is 10.4 Å². The number of nitrogens with zero attached hydrogens (tertiary/aromatic N) is 3. The topological polar surface area (TPSA) is 41.1 Å². The van der Waals surface area contributed by atoms with Gasteiger partial charge in [-0.05, 0) is 17.7 Å². The molecular formula is C9H7N3. The largest absolute Gasteiger partial charge is 0.241 e. The van der Waals surface area contributed by atoms with Crippen molar-refractivity contribution in [1.82, 2.24) is 9.61 Å². The van der Waals surface area contributed by atoms with Crippen LogP contribution in [0.2, 0.25) is 0 Å². The van der Waals surface area contributed by atoms with Gasteiger partial charge in [-0.25, -0.2) is 4.52 Å². The van der Waals surface area contributed by atoms with Crippen molar-refractivity contribution in [2.24, 2.45) is 0 Å². The van der Waals surface area contributed by atoms with Crippen molar-refractivity contribution >= 4 is 5.52 Å². The molecule has 0 fully saturated rings. The Morgan fingerprint density at radius 1 is 1.50 bits per heavy atom. The summed E-state index contributed by atoms with van der Waals surface area (Å²) in [5.74, 6) is 0. The summed E-state index contributed by atoms with van der Waals surface area (Å²) in [4.78, 5) is 0. The number of hydrogen-bond donors (Lipinski definition) is 0. The van der Waals surface area contributed by atoms with Gasteiger partial charge in [-0.1, -0.05) is 6.07 Å². The van der Waals surface area contributed by atoms with Gasteiger partial charge in [0.1, 0.15) is 0 Å². The molecule has 2 aromatic rings. The van der Waals surface area contributed by atoms with Gasteiger partial charge >= 0.3 is 0 Å². The maximum Gasteiger partial charge on any atom is 0.0703 e. The van der Waals surface area contributed by atoms with E-state index in [0.717, 1.165) is 11.1 Å². The molecule has 0 amide bonds. The standard InChI is InChI=1S/C9H7N3/c10-5-3-8-2-1-7-12-9(8)4-6-11-12/h1-2,4,6-7H,3H2. The maximum atomic E-state index is 8.54. The summed E-state index contributed by atoms with van der Waals surface area (Å²) in [5.41, 5.74) is 2.04. The molecule has 0 unspecified atom stereocenters. The quantitative estimate of drug-likeness (QED) is 0.627. The third-order valence-corrected chi connectivity index (χ3v) is 1.79. The molecule has 58 valence electrons. The lowest BCUT2D eigenvalue weighted by atomic mass is 10.2. The molecule has 0 saturated carbocycles. The maximum absolute atomic E-state index is 8.54. The van der Waals surface area contributed by atoms with Crippen LogP contribution in [0, 0.1) is 11.3 Å². The first-order chi connectivity index (χ1) is 5.92. The molecule has 2 aromatic heterocycles. The molecule has 0 saturated heterocycles. The fourth-order valence-corrected chi connectivity index (χ4v) is 1.25. The SMILES string of the molecule is N#CCc1cccn2nccc12. The van der Waals surface area contributed by atoms with E-state index < -0.39 is 0 Å². The summed E-state index contributed by atoms with van der Waals surface area (Å²) >= 11 is 0. The third-order valence-electron chi connectivity index (χ3n) is 1.79. The highest BCUT2D eigenvalue weighted by Gasteiger charge is 1.98. The molecule has 0 radical (unpaired) electrons. The molecule has 0 aliphatic carbocycles. The van der Waals surface area contributed by atoms with E-state index in [9.17, 15) is 0 Å². The zero-order valence-electron chi connectivity index (χ0n) is 6.44. The number of aromatic nitrogens is 2. The minimum Gasteiger partial charge on any atom is -0.241 e. The first-order valence-corrected chi connectivity index (χ1v) is 3.70. The Bertz CT molecular complexity index is 436. The van der Waals surface area contributed by atoms with E-state index in [-0.39, 0.29) is 0 Å². The lowest BCUT2D eigenvalue weighted by molar-refractivity contribution is 0.952. The molecule has 0 aromatic carbocycles. The summed E-state index contributed by atoms with van der Waals surface area (Å²) in [6.45, 7) is 0. The minimum atomic E-state index is 0.441. The molecule has 12 heavy (non-hydrogen) atoms. The molecule has 0 bridgehead atoms. The molecular weight excluding hydrogens is 150 g/mol. The van der Waals surface area contributed by atoms with Crippen LogP contribution in [-0.4, -0.2) is 9.61 Å². The van der Waals surface area contributed by atoms with Gasteiger partial charge in [0.05, 0.1) is 18.0 Å². The van der Waals surface area contributed by atoms with E-state index in [1.807, 2.05) is 24.4 Å². The Morgan fingerprint density at radius 3 is 3.25 bits per heavy atom. The van der Waals surface area contributed by atoms with Crippen LogP contribution in [0.5, 0.6) is 0 Å². The molecule has 3 nitrogen and oxygen atoms in total. The monoisotopic (exact) mass is 157 g/mol. The number of hydrogen-bond acceptors (Lipinski definition) is 2. The van der Waals surface area contributed by atoms with Crippen molar-refractivity contribution < 1.29 is 0 Å². The van der Waals surface area contributed by atoms with E-state index in [4.69, 9.17) is 5.26 Å². The second kappa shape index (κ2) is 2.67. The van der Waals surface area contributed by atoms with Gasteiger partial charge in [0.2, 0.25) is 0 Å². The van der Waals surface area contributed by atoms with Crippen molar-refractivity contribution in [3.63, 3.8) is 0 Å². The highest BCUT2D eigenvalue weighted by Crippen LogP contribution is 2.09. The summed E-state index contributed by atoms with van der Waals surface area (Å²) in [6, 6.07) is 7.87. The van der Waals surface area contributed by atoms with Gasteiger partial charge in [-0.3, -0.25) is 0 Å². The van der Waals surface area contributed by atoms with E-state index in [1.54, 1.807) is 10.7 Å². The number of nitriles is 1. The number of fused-ring (bicyclic) bond motifs is 1. The zero-order chi connectivity index (χ0) is 8.39. The Labute approximate surface area is 69.9 Å². The summed E-state index contributed by atoms with van der Waals surface area (Å²) < 4.78 is 1.77. The predicted molar refractivity (Wildman–Crippen MR) is 44.5 cm³/mol. The molecule has 2 rings (SSSR count). The van der Waals surface area contributed by atoms with Crippen molar-refractivity contribution in [2.45, 2.75) is 6.42 Å². The first-order valence-electron chi connectivity index (χ1n) is 3.70. The zero-order valence-corrected chi connectivity index (χ0v) is 6.44. The summed E-state index contributed by atoms with van der Waals surface area (Å²) in [7, 11) is 0. The van der Waals surface area contributed by atoms with E-state index >= 15 is 0 Å².